The van der Waals surface area contributed by atoms with E-state index in [2.05, 4.69) is 20.8 Å². The number of benzene rings is 1. The van der Waals surface area contributed by atoms with Gasteiger partial charge >= 0.3 is 0 Å². The first-order valence-electron chi connectivity index (χ1n) is 9.18. The number of hydrogen-bond acceptors (Lipinski definition) is 4. The molecule has 142 valence electrons. The summed E-state index contributed by atoms with van der Waals surface area (Å²) in [6.07, 6.45) is 6.51. The van der Waals surface area contributed by atoms with Crippen LogP contribution in [0.5, 0.6) is 5.75 Å². The summed E-state index contributed by atoms with van der Waals surface area (Å²) in [6.45, 7) is 6.27. The molecular weight excluding hydrogens is 338 g/mol. The Labute approximate surface area is 153 Å². The maximum Gasteiger partial charge on any atom is 0.259 e. The standard InChI is InChI=1S/C19H31NO4S/c1-4-7-8-9-10-18(19(21)20-22)25(23)17-13-11-16(12-14-17)24-15(5-2)6-3/h11-15,18,22H,4-10H2,1-3H3,(H,20,21). The van der Waals surface area contributed by atoms with Gasteiger partial charge in [0.1, 0.15) is 11.0 Å². The molecule has 1 amide bonds. The second-order valence-corrected chi connectivity index (χ2v) is 7.77. The number of rotatable bonds is 12. The number of carbonyl (C=O) groups is 1. The molecule has 0 aliphatic carbocycles. The Morgan fingerprint density at radius 1 is 1.12 bits per heavy atom. The van der Waals surface area contributed by atoms with E-state index in [0.717, 1.165) is 44.3 Å². The highest BCUT2D eigenvalue weighted by molar-refractivity contribution is 7.86. The average Bonchev–Trinajstić information content (AvgIpc) is 2.65. The van der Waals surface area contributed by atoms with Gasteiger partial charge in [-0.15, -0.1) is 0 Å². The number of unbranched alkanes of at least 4 members (excludes halogenated alkanes) is 3. The summed E-state index contributed by atoms with van der Waals surface area (Å²) in [5.41, 5.74) is 1.65. The van der Waals surface area contributed by atoms with Gasteiger partial charge in [-0.3, -0.25) is 14.2 Å². The number of nitrogens with one attached hydrogen (secondary N) is 1. The molecule has 0 aliphatic rings. The summed E-state index contributed by atoms with van der Waals surface area (Å²) in [6, 6.07) is 7.04. The van der Waals surface area contributed by atoms with Crippen LogP contribution in [-0.4, -0.2) is 26.7 Å². The van der Waals surface area contributed by atoms with E-state index in [1.807, 2.05) is 0 Å². The molecule has 6 heteroatoms. The van der Waals surface area contributed by atoms with Crippen molar-refractivity contribution in [1.82, 2.24) is 5.48 Å². The first-order valence-corrected chi connectivity index (χ1v) is 10.4. The Kier molecular flexibility index (Phi) is 10.4. The summed E-state index contributed by atoms with van der Waals surface area (Å²) in [5.74, 6) is 0.146. The largest absolute Gasteiger partial charge is 0.490 e. The van der Waals surface area contributed by atoms with Gasteiger partial charge in [0.05, 0.1) is 16.9 Å². The van der Waals surface area contributed by atoms with Gasteiger partial charge < -0.3 is 4.74 Å². The predicted molar refractivity (Wildman–Crippen MR) is 100 cm³/mol. The third kappa shape index (κ3) is 7.16. The first kappa shape index (κ1) is 21.6. The molecule has 2 unspecified atom stereocenters. The van der Waals surface area contributed by atoms with Crippen LogP contribution in [-0.2, 0) is 15.6 Å². The molecule has 0 fully saturated rings. The molecule has 2 N–H and O–H groups in total. The lowest BCUT2D eigenvalue weighted by Gasteiger charge is -2.17. The average molecular weight is 370 g/mol. The third-order valence-corrected chi connectivity index (χ3v) is 5.95. The van der Waals surface area contributed by atoms with Gasteiger partial charge in [-0.05, 0) is 43.5 Å². The van der Waals surface area contributed by atoms with Crippen LogP contribution in [0.2, 0.25) is 0 Å². The van der Waals surface area contributed by atoms with Crippen LogP contribution >= 0.6 is 0 Å². The lowest BCUT2D eigenvalue weighted by Crippen LogP contribution is -2.35. The highest BCUT2D eigenvalue weighted by atomic mass is 32.2. The zero-order valence-electron chi connectivity index (χ0n) is 15.5. The highest BCUT2D eigenvalue weighted by Crippen LogP contribution is 2.21. The molecule has 0 heterocycles. The molecule has 0 aromatic heterocycles. The second-order valence-electron chi connectivity index (χ2n) is 6.14. The fourth-order valence-corrected chi connectivity index (χ4v) is 3.99. The Bertz CT molecular complexity index is 529. The van der Waals surface area contributed by atoms with Crippen molar-refractivity contribution in [2.24, 2.45) is 0 Å². The van der Waals surface area contributed by atoms with Crippen molar-refractivity contribution >= 4 is 16.7 Å². The minimum absolute atomic E-state index is 0.169. The third-order valence-electron chi connectivity index (χ3n) is 4.25. The fourth-order valence-electron chi connectivity index (χ4n) is 2.63. The Balaban J connectivity index is 2.77. The van der Waals surface area contributed by atoms with E-state index in [-0.39, 0.29) is 6.10 Å². The van der Waals surface area contributed by atoms with Crippen molar-refractivity contribution in [2.45, 2.75) is 82.0 Å². The minimum Gasteiger partial charge on any atom is -0.490 e. The van der Waals surface area contributed by atoms with Crippen LogP contribution in [0.1, 0.15) is 65.7 Å². The van der Waals surface area contributed by atoms with Gasteiger partial charge in [-0.1, -0.05) is 46.5 Å². The number of hydroxylamine groups is 1. The summed E-state index contributed by atoms with van der Waals surface area (Å²) in [4.78, 5) is 12.5. The molecule has 0 saturated carbocycles. The number of ether oxygens (including phenoxy) is 1. The molecule has 1 aromatic carbocycles. The summed E-state index contributed by atoms with van der Waals surface area (Å²) in [5, 5.41) is 8.20. The van der Waals surface area contributed by atoms with E-state index in [9.17, 15) is 9.00 Å². The molecule has 0 aliphatic heterocycles. The van der Waals surface area contributed by atoms with Crippen LogP contribution in [0.4, 0.5) is 0 Å². The van der Waals surface area contributed by atoms with Crippen LogP contribution < -0.4 is 10.2 Å². The normalized spacial score (nSPS) is 13.5. The van der Waals surface area contributed by atoms with Crippen LogP contribution in [0, 0.1) is 0 Å². The number of hydrogen-bond donors (Lipinski definition) is 2. The molecule has 5 nitrogen and oxygen atoms in total. The lowest BCUT2D eigenvalue weighted by atomic mass is 10.1. The van der Waals surface area contributed by atoms with Gasteiger partial charge in [-0.2, -0.15) is 0 Å². The summed E-state index contributed by atoms with van der Waals surface area (Å²) in [7, 11) is -1.51. The van der Waals surface area contributed by atoms with Crippen LogP contribution in [0.3, 0.4) is 0 Å². The molecule has 0 bridgehead atoms. The zero-order valence-corrected chi connectivity index (χ0v) is 16.3. The van der Waals surface area contributed by atoms with Crippen LogP contribution in [0.25, 0.3) is 0 Å². The monoisotopic (exact) mass is 369 g/mol. The van der Waals surface area contributed by atoms with E-state index >= 15 is 0 Å². The minimum atomic E-state index is -1.51. The SMILES string of the molecule is CCCCCCC(C(=O)NO)S(=O)c1ccc(OC(CC)CC)cc1. The van der Waals surface area contributed by atoms with E-state index < -0.39 is 22.0 Å². The Morgan fingerprint density at radius 3 is 2.28 bits per heavy atom. The smallest absolute Gasteiger partial charge is 0.259 e. The summed E-state index contributed by atoms with van der Waals surface area (Å²) >= 11 is 0. The maximum absolute atomic E-state index is 12.8. The Hall–Kier alpha value is -1.40. The van der Waals surface area contributed by atoms with Crippen molar-refractivity contribution in [2.75, 3.05) is 0 Å². The molecule has 0 saturated heterocycles. The van der Waals surface area contributed by atoms with Crippen molar-refractivity contribution in [3.05, 3.63) is 24.3 Å². The van der Waals surface area contributed by atoms with Crippen molar-refractivity contribution in [1.29, 1.82) is 0 Å². The van der Waals surface area contributed by atoms with Crippen molar-refractivity contribution < 1.29 is 18.9 Å². The summed E-state index contributed by atoms with van der Waals surface area (Å²) < 4.78 is 18.6. The Morgan fingerprint density at radius 2 is 1.76 bits per heavy atom. The molecule has 1 rings (SSSR count). The van der Waals surface area contributed by atoms with Gasteiger partial charge in [-0.25, -0.2) is 5.48 Å². The number of amides is 1. The molecular formula is C19H31NO4S. The van der Waals surface area contributed by atoms with Gasteiger partial charge in [0.2, 0.25) is 0 Å². The van der Waals surface area contributed by atoms with Crippen molar-refractivity contribution in [3.8, 4) is 5.75 Å². The van der Waals surface area contributed by atoms with Gasteiger partial charge in [0.15, 0.2) is 0 Å². The van der Waals surface area contributed by atoms with Gasteiger partial charge in [0.25, 0.3) is 5.91 Å². The van der Waals surface area contributed by atoms with E-state index in [0.29, 0.717) is 11.3 Å². The topological polar surface area (TPSA) is 75.6 Å². The quantitative estimate of drug-likeness (QED) is 0.329. The molecule has 0 spiro atoms. The van der Waals surface area contributed by atoms with E-state index in [4.69, 9.17) is 9.94 Å². The van der Waals surface area contributed by atoms with E-state index in [1.165, 1.54) is 0 Å². The second kappa shape index (κ2) is 12.0. The van der Waals surface area contributed by atoms with E-state index in [1.54, 1.807) is 29.7 Å². The molecule has 2 atom stereocenters. The zero-order chi connectivity index (χ0) is 18.7. The first-order chi connectivity index (χ1) is 12.1. The highest BCUT2D eigenvalue weighted by Gasteiger charge is 2.25. The van der Waals surface area contributed by atoms with Crippen molar-refractivity contribution in [3.63, 3.8) is 0 Å². The van der Waals surface area contributed by atoms with Crippen LogP contribution in [0.15, 0.2) is 29.2 Å². The van der Waals surface area contributed by atoms with Gasteiger partial charge in [0, 0.05) is 4.90 Å². The molecule has 1 aromatic rings. The fraction of sp³-hybridized carbons (Fsp3) is 0.632. The predicted octanol–water partition coefficient (Wildman–Crippen LogP) is 4.21. The molecule has 25 heavy (non-hydrogen) atoms. The number of carbonyl (C=O) groups excluding carboxylic acids is 1. The lowest BCUT2D eigenvalue weighted by molar-refractivity contribution is -0.128. The molecule has 0 radical (unpaired) electrons. The maximum atomic E-state index is 12.8.